The fraction of sp³-hybridized carbons (Fsp3) is 0.867. The van der Waals surface area contributed by atoms with E-state index in [1.54, 1.807) is 11.8 Å². The lowest BCUT2D eigenvalue weighted by Gasteiger charge is -2.38. The van der Waals surface area contributed by atoms with Crippen molar-refractivity contribution in [2.75, 3.05) is 19.3 Å². The summed E-state index contributed by atoms with van der Waals surface area (Å²) >= 11 is 1.76. The van der Waals surface area contributed by atoms with Gasteiger partial charge in [0.25, 0.3) is 0 Å². The molecule has 0 bridgehead atoms. The number of nitrogens with zero attached hydrogens (tertiary/aromatic N) is 1. The Kier molecular flexibility index (Phi) is 6.84. The Hall–Kier alpha value is -0.910. The predicted molar refractivity (Wildman–Crippen MR) is 86.8 cm³/mol. The van der Waals surface area contributed by atoms with Crippen LogP contribution in [0.15, 0.2) is 0 Å². The Bertz CT molecular complexity index is 364. The smallest absolute Gasteiger partial charge is 0.326 e. The third-order valence-corrected chi connectivity index (χ3v) is 6.32. The molecule has 0 saturated carbocycles. The minimum atomic E-state index is -0.903. The molecule has 0 spiro atoms. The van der Waals surface area contributed by atoms with Gasteiger partial charge in [-0.1, -0.05) is 20.8 Å². The molecule has 1 aliphatic rings. The van der Waals surface area contributed by atoms with Crippen LogP contribution in [0.2, 0.25) is 0 Å². The number of nitrogens with one attached hydrogen (secondary N) is 1. The van der Waals surface area contributed by atoms with Gasteiger partial charge in [0.15, 0.2) is 0 Å². The van der Waals surface area contributed by atoms with Crippen molar-refractivity contribution in [2.24, 2.45) is 5.92 Å². The molecular formula is C15H28N2O3S. The van der Waals surface area contributed by atoms with Crippen LogP contribution in [0.5, 0.6) is 0 Å². The van der Waals surface area contributed by atoms with Crippen LogP contribution in [0.1, 0.15) is 46.5 Å². The first-order chi connectivity index (χ1) is 9.90. The fourth-order valence-corrected chi connectivity index (χ4v) is 3.79. The minimum absolute atomic E-state index is 0.00431. The van der Waals surface area contributed by atoms with Crippen LogP contribution in [-0.4, -0.2) is 52.1 Å². The molecule has 0 aromatic rings. The Balaban J connectivity index is 2.71. The van der Waals surface area contributed by atoms with Gasteiger partial charge < -0.3 is 15.3 Å². The van der Waals surface area contributed by atoms with Gasteiger partial charge >= 0.3 is 12.0 Å². The second-order valence-electron chi connectivity index (χ2n) is 5.85. The number of carbonyl (C=O) groups is 2. The number of likely N-dealkylation sites (tertiary alicyclic amines) is 1. The second-order valence-corrected chi connectivity index (χ2v) is 7.12. The van der Waals surface area contributed by atoms with Crippen molar-refractivity contribution in [1.82, 2.24) is 10.2 Å². The van der Waals surface area contributed by atoms with Crippen LogP contribution in [0, 0.1) is 5.92 Å². The Morgan fingerprint density at radius 2 is 2.00 bits per heavy atom. The van der Waals surface area contributed by atoms with E-state index in [9.17, 15) is 14.7 Å². The molecule has 1 aliphatic heterocycles. The van der Waals surface area contributed by atoms with Crippen LogP contribution < -0.4 is 5.32 Å². The second kappa shape index (κ2) is 7.92. The lowest BCUT2D eigenvalue weighted by molar-refractivity contribution is -0.145. The summed E-state index contributed by atoms with van der Waals surface area (Å²) in [4.78, 5) is 25.3. The van der Waals surface area contributed by atoms with E-state index >= 15 is 0 Å². The van der Waals surface area contributed by atoms with E-state index in [0.717, 1.165) is 25.7 Å². The highest BCUT2D eigenvalue weighted by Crippen LogP contribution is 2.30. The van der Waals surface area contributed by atoms with Crippen molar-refractivity contribution in [3.63, 3.8) is 0 Å². The van der Waals surface area contributed by atoms with Crippen LogP contribution in [0.4, 0.5) is 4.79 Å². The third-order valence-electron chi connectivity index (χ3n) is 4.73. The summed E-state index contributed by atoms with van der Waals surface area (Å²) < 4.78 is 0.0375. The maximum absolute atomic E-state index is 12.4. The molecule has 1 fully saturated rings. The number of rotatable bonds is 6. The highest BCUT2D eigenvalue weighted by Gasteiger charge is 2.37. The number of urea groups is 1. The number of hydrogen-bond acceptors (Lipinski definition) is 3. The van der Waals surface area contributed by atoms with Gasteiger partial charge in [0.05, 0.1) is 0 Å². The lowest BCUT2D eigenvalue weighted by Crippen LogP contribution is -2.56. The number of hydrogen-bond donors (Lipinski definition) is 2. The number of amides is 2. The van der Waals surface area contributed by atoms with Crippen LogP contribution in [0.25, 0.3) is 0 Å². The molecule has 0 radical (unpaired) electrons. The number of piperidine rings is 1. The average molecular weight is 316 g/mol. The summed E-state index contributed by atoms with van der Waals surface area (Å²) in [7, 11) is 0. The molecule has 21 heavy (non-hydrogen) atoms. The monoisotopic (exact) mass is 316 g/mol. The molecule has 1 rings (SSSR count). The summed E-state index contributed by atoms with van der Waals surface area (Å²) in [5.74, 6) is -0.899. The summed E-state index contributed by atoms with van der Waals surface area (Å²) in [6.45, 7) is 7.25. The SMILES string of the molecule is CCC(CC)(CNC(=O)N1CCCC(C)C1C(=O)O)SC. The molecular weight excluding hydrogens is 288 g/mol. The Morgan fingerprint density at radius 1 is 1.38 bits per heavy atom. The first-order valence-electron chi connectivity index (χ1n) is 7.73. The van der Waals surface area contributed by atoms with E-state index in [2.05, 4.69) is 25.4 Å². The van der Waals surface area contributed by atoms with E-state index in [1.807, 2.05) is 6.92 Å². The number of aliphatic carboxylic acids is 1. The van der Waals surface area contributed by atoms with E-state index in [0.29, 0.717) is 13.1 Å². The van der Waals surface area contributed by atoms with Crippen LogP contribution in [0.3, 0.4) is 0 Å². The standard InChI is InChI=1S/C15H28N2O3S/c1-5-15(6-2,21-4)10-16-14(20)17-9-7-8-11(3)12(17)13(18)19/h11-12H,5-10H2,1-4H3,(H,16,20)(H,18,19). The Labute approximate surface area is 131 Å². The van der Waals surface area contributed by atoms with Gasteiger partial charge in [0, 0.05) is 17.8 Å². The first-order valence-corrected chi connectivity index (χ1v) is 8.95. The zero-order chi connectivity index (χ0) is 16.0. The number of carbonyl (C=O) groups excluding carboxylic acids is 1. The molecule has 0 aliphatic carbocycles. The molecule has 5 nitrogen and oxygen atoms in total. The third kappa shape index (κ3) is 4.28. The molecule has 2 unspecified atom stereocenters. The normalized spacial score (nSPS) is 23.0. The van der Waals surface area contributed by atoms with Gasteiger partial charge in [-0.15, -0.1) is 0 Å². The fourth-order valence-electron chi connectivity index (χ4n) is 2.99. The molecule has 6 heteroatoms. The van der Waals surface area contributed by atoms with Crippen molar-refractivity contribution in [3.8, 4) is 0 Å². The maximum Gasteiger partial charge on any atom is 0.326 e. The Morgan fingerprint density at radius 3 is 2.48 bits per heavy atom. The van der Waals surface area contributed by atoms with Crippen molar-refractivity contribution in [1.29, 1.82) is 0 Å². The van der Waals surface area contributed by atoms with E-state index in [-0.39, 0.29) is 16.7 Å². The van der Waals surface area contributed by atoms with E-state index in [4.69, 9.17) is 0 Å². The van der Waals surface area contributed by atoms with Crippen molar-refractivity contribution >= 4 is 23.8 Å². The molecule has 2 atom stereocenters. The molecule has 2 N–H and O–H groups in total. The molecule has 1 saturated heterocycles. The number of carboxylic acid groups (broad SMARTS) is 1. The summed E-state index contributed by atoms with van der Waals surface area (Å²) in [5, 5.41) is 12.3. The van der Waals surface area contributed by atoms with Gasteiger partial charge in [-0.3, -0.25) is 0 Å². The highest BCUT2D eigenvalue weighted by molar-refractivity contribution is 8.00. The lowest BCUT2D eigenvalue weighted by atomic mass is 9.91. The first kappa shape index (κ1) is 18.1. The van der Waals surface area contributed by atoms with Crippen molar-refractivity contribution in [2.45, 2.75) is 57.2 Å². The average Bonchev–Trinajstić information content (AvgIpc) is 2.48. The van der Waals surface area contributed by atoms with Crippen molar-refractivity contribution in [3.05, 3.63) is 0 Å². The molecule has 122 valence electrons. The zero-order valence-corrected chi connectivity index (χ0v) is 14.3. The molecule has 1 heterocycles. The minimum Gasteiger partial charge on any atom is -0.480 e. The van der Waals surface area contributed by atoms with Gasteiger partial charge in [0.1, 0.15) is 6.04 Å². The zero-order valence-electron chi connectivity index (χ0n) is 13.5. The topological polar surface area (TPSA) is 69.6 Å². The van der Waals surface area contributed by atoms with Crippen LogP contribution >= 0.6 is 11.8 Å². The summed E-state index contributed by atoms with van der Waals surface area (Å²) in [6, 6.07) is -0.944. The molecule has 2 amide bonds. The number of carboxylic acids is 1. The van der Waals surface area contributed by atoms with E-state index in [1.165, 1.54) is 4.90 Å². The van der Waals surface area contributed by atoms with Gasteiger partial charge in [-0.25, -0.2) is 9.59 Å². The predicted octanol–water partition coefficient (Wildman–Crippen LogP) is 2.80. The van der Waals surface area contributed by atoms with Gasteiger partial charge in [-0.2, -0.15) is 11.8 Å². The van der Waals surface area contributed by atoms with Gasteiger partial charge in [0.2, 0.25) is 0 Å². The van der Waals surface area contributed by atoms with Crippen molar-refractivity contribution < 1.29 is 14.7 Å². The maximum atomic E-state index is 12.4. The summed E-state index contributed by atoms with van der Waals surface area (Å²) in [6.07, 6.45) is 5.74. The van der Waals surface area contributed by atoms with Crippen LogP contribution in [-0.2, 0) is 4.79 Å². The quantitative estimate of drug-likeness (QED) is 0.790. The largest absolute Gasteiger partial charge is 0.480 e. The van der Waals surface area contributed by atoms with E-state index < -0.39 is 12.0 Å². The molecule has 0 aromatic heterocycles. The van der Waals surface area contributed by atoms with Gasteiger partial charge in [-0.05, 0) is 37.9 Å². The summed E-state index contributed by atoms with van der Waals surface area (Å²) in [5.41, 5.74) is 0. The molecule has 0 aromatic carbocycles. The highest BCUT2D eigenvalue weighted by atomic mass is 32.2. The number of thioether (sulfide) groups is 1.